The smallest absolute Gasteiger partial charge is 0.0494 e. The number of hydrogen-bond donors (Lipinski definition) is 2. The van der Waals surface area contributed by atoms with E-state index in [1.807, 2.05) is 13.8 Å². The lowest BCUT2D eigenvalue weighted by Gasteiger charge is -2.66. The fourth-order valence-electron chi connectivity index (χ4n) is 9.08. The SMILES string of the molecule is C=C(N)C1CCC2C1(C)CCC1C2(N)CCC2CC(COCC)CCC21CC.CC. The van der Waals surface area contributed by atoms with Crippen molar-refractivity contribution in [2.45, 2.75) is 104 Å². The van der Waals surface area contributed by atoms with Crippen LogP contribution in [0.15, 0.2) is 12.3 Å². The monoisotopic (exact) mass is 418 g/mol. The Morgan fingerprint density at radius 2 is 1.73 bits per heavy atom. The Kier molecular flexibility index (Phi) is 7.34. The van der Waals surface area contributed by atoms with Crippen molar-refractivity contribution in [2.24, 2.45) is 51.9 Å². The van der Waals surface area contributed by atoms with Crippen LogP contribution in [0.1, 0.15) is 98.8 Å². The molecule has 3 heteroatoms. The van der Waals surface area contributed by atoms with E-state index in [1.54, 1.807) is 0 Å². The molecule has 0 aromatic carbocycles. The minimum absolute atomic E-state index is 0.0104. The van der Waals surface area contributed by atoms with Crippen LogP contribution in [-0.2, 0) is 4.74 Å². The lowest BCUT2D eigenvalue weighted by Crippen LogP contribution is -2.68. The van der Waals surface area contributed by atoms with Crippen molar-refractivity contribution in [3.63, 3.8) is 0 Å². The molecular formula is C27H50N2O. The van der Waals surface area contributed by atoms with Crippen LogP contribution in [0.25, 0.3) is 0 Å². The van der Waals surface area contributed by atoms with Crippen molar-refractivity contribution in [1.29, 1.82) is 0 Å². The Hall–Kier alpha value is -0.540. The number of allylic oxidation sites excluding steroid dienone is 1. The van der Waals surface area contributed by atoms with Crippen molar-refractivity contribution in [3.05, 3.63) is 12.3 Å². The lowest BCUT2D eigenvalue weighted by molar-refractivity contribution is -0.143. The summed E-state index contributed by atoms with van der Waals surface area (Å²) in [5.41, 5.74) is 15.4. The molecule has 0 saturated heterocycles. The van der Waals surface area contributed by atoms with Crippen molar-refractivity contribution >= 4 is 0 Å². The van der Waals surface area contributed by atoms with E-state index in [2.05, 4.69) is 27.4 Å². The van der Waals surface area contributed by atoms with Crippen molar-refractivity contribution in [1.82, 2.24) is 0 Å². The summed E-state index contributed by atoms with van der Waals surface area (Å²) in [6.45, 7) is 17.0. The Bertz CT molecular complexity index is 606. The van der Waals surface area contributed by atoms with Crippen molar-refractivity contribution in [2.75, 3.05) is 13.2 Å². The van der Waals surface area contributed by atoms with E-state index in [9.17, 15) is 0 Å². The standard InChI is InChI=1S/C25H44N2O.C2H6/c1-5-24-13-9-18(16-28-6-2)15-19(24)10-14-25(27)21-8-7-20(17(3)26)23(21,4)12-11-22(24)25;1-2/h18-22H,3,5-16,26-27H2,1-2,4H3;1-2H3. The van der Waals surface area contributed by atoms with E-state index in [0.29, 0.717) is 23.2 Å². The summed E-state index contributed by atoms with van der Waals surface area (Å²) in [5.74, 6) is 3.40. The van der Waals surface area contributed by atoms with E-state index in [4.69, 9.17) is 16.2 Å². The lowest BCUT2D eigenvalue weighted by atomic mass is 9.40. The van der Waals surface area contributed by atoms with Gasteiger partial charge in [0, 0.05) is 30.4 Å². The average Bonchev–Trinajstić information content (AvgIpc) is 3.12. The minimum Gasteiger partial charge on any atom is -0.402 e. The Morgan fingerprint density at radius 1 is 1.00 bits per heavy atom. The molecule has 0 amide bonds. The van der Waals surface area contributed by atoms with Gasteiger partial charge in [-0.1, -0.05) is 34.3 Å². The number of fused-ring (bicyclic) bond motifs is 5. The van der Waals surface area contributed by atoms with Gasteiger partial charge in [-0.25, -0.2) is 0 Å². The number of ether oxygens (including phenoxy) is 1. The fourth-order valence-corrected chi connectivity index (χ4v) is 9.08. The number of hydrogen-bond acceptors (Lipinski definition) is 3. The molecule has 174 valence electrons. The van der Waals surface area contributed by atoms with Gasteiger partial charge in [-0.3, -0.25) is 0 Å². The zero-order valence-electron chi connectivity index (χ0n) is 20.6. The van der Waals surface area contributed by atoms with Gasteiger partial charge in [0.15, 0.2) is 0 Å². The van der Waals surface area contributed by atoms with Crippen molar-refractivity contribution in [3.8, 4) is 0 Å². The molecule has 4 rings (SSSR count). The highest BCUT2D eigenvalue weighted by Gasteiger charge is 2.66. The van der Waals surface area contributed by atoms with Crippen LogP contribution in [-0.4, -0.2) is 18.8 Å². The molecular weight excluding hydrogens is 368 g/mol. The third-order valence-corrected chi connectivity index (χ3v) is 10.3. The third-order valence-electron chi connectivity index (χ3n) is 10.3. The van der Waals surface area contributed by atoms with Crippen LogP contribution < -0.4 is 11.5 Å². The first-order valence-corrected chi connectivity index (χ1v) is 13.1. The molecule has 4 aliphatic rings. The highest BCUT2D eigenvalue weighted by molar-refractivity contribution is 5.21. The highest BCUT2D eigenvalue weighted by atomic mass is 16.5. The Morgan fingerprint density at radius 3 is 2.37 bits per heavy atom. The summed E-state index contributed by atoms with van der Waals surface area (Å²) in [5, 5.41) is 0. The predicted octanol–water partition coefficient (Wildman–Crippen LogP) is 6.27. The van der Waals surface area contributed by atoms with Crippen LogP contribution in [0.4, 0.5) is 0 Å². The van der Waals surface area contributed by atoms with Gasteiger partial charge >= 0.3 is 0 Å². The molecule has 0 radical (unpaired) electrons. The molecule has 0 aliphatic heterocycles. The number of nitrogens with two attached hydrogens (primary N) is 2. The zero-order chi connectivity index (χ0) is 22.2. The molecule has 0 bridgehead atoms. The predicted molar refractivity (Wildman–Crippen MR) is 128 cm³/mol. The van der Waals surface area contributed by atoms with Crippen LogP contribution in [0, 0.1) is 40.4 Å². The Balaban J connectivity index is 0.00000124. The summed E-state index contributed by atoms with van der Waals surface area (Å²) in [6.07, 6.45) is 13.0. The molecule has 3 nitrogen and oxygen atoms in total. The molecule has 0 heterocycles. The van der Waals surface area contributed by atoms with Gasteiger partial charge in [0.1, 0.15) is 0 Å². The van der Waals surface area contributed by atoms with E-state index in [-0.39, 0.29) is 11.0 Å². The summed E-state index contributed by atoms with van der Waals surface area (Å²) in [4.78, 5) is 0. The van der Waals surface area contributed by atoms with E-state index >= 15 is 0 Å². The van der Waals surface area contributed by atoms with Crippen molar-refractivity contribution < 1.29 is 4.74 Å². The molecule has 8 unspecified atom stereocenters. The molecule has 0 aromatic rings. The molecule has 0 spiro atoms. The van der Waals surface area contributed by atoms with Gasteiger partial charge in [-0.05, 0) is 106 Å². The van der Waals surface area contributed by atoms with E-state index in [0.717, 1.165) is 30.7 Å². The van der Waals surface area contributed by atoms with Gasteiger partial charge in [0.25, 0.3) is 0 Å². The minimum atomic E-state index is 0.0104. The molecule has 0 aromatic heterocycles. The molecule has 4 fully saturated rings. The molecule has 8 atom stereocenters. The maximum Gasteiger partial charge on any atom is 0.0494 e. The quantitative estimate of drug-likeness (QED) is 0.553. The molecule has 4 saturated carbocycles. The van der Waals surface area contributed by atoms with E-state index < -0.39 is 0 Å². The topological polar surface area (TPSA) is 61.3 Å². The second kappa shape index (κ2) is 9.14. The maximum absolute atomic E-state index is 7.48. The maximum atomic E-state index is 7.48. The largest absolute Gasteiger partial charge is 0.402 e. The number of rotatable bonds is 5. The Labute approximate surface area is 186 Å². The second-order valence-corrected chi connectivity index (χ2v) is 11.1. The van der Waals surface area contributed by atoms with Crippen LogP contribution in [0.5, 0.6) is 0 Å². The van der Waals surface area contributed by atoms with Gasteiger partial charge in [0.2, 0.25) is 0 Å². The summed E-state index contributed by atoms with van der Waals surface area (Å²) in [6, 6.07) is 0. The van der Waals surface area contributed by atoms with Crippen LogP contribution >= 0.6 is 0 Å². The zero-order valence-corrected chi connectivity index (χ0v) is 20.6. The van der Waals surface area contributed by atoms with E-state index in [1.165, 1.54) is 64.2 Å². The second-order valence-electron chi connectivity index (χ2n) is 11.1. The average molecular weight is 419 g/mol. The van der Waals surface area contributed by atoms with Crippen LogP contribution in [0.3, 0.4) is 0 Å². The highest BCUT2D eigenvalue weighted by Crippen LogP contribution is 2.69. The fraction of sp³-hybridized carbons (Fsp3) is 0.926. The summed E-state index contributed by atoms with van der Waals surface area (Å²) < 4.78 is 5.81. The normalized spacial score (nSPS) is 47.3. The summed E-state index contributed by atoms with van der Waals surface area (Å²) >= 11 is 0. The van der Waals surface area contributed by atoms with Gasteiger partial charge in [-0.2, -0.15) is 0 Å². The first-order chi connectivity index (χ1) is 14.3. The third kappa shape index (κ3) is 3.56. The summed E-state index contributed by atoms with van der Waals surface area (Å²) in [7, 11) is 0. The van der Waals surface area contributed by atoms with Gasteiger partial charge < -0.3 is 16.2 Å². The van der Waals surface area contributed by atoms with Crippen LogP contribution in [0.2, 0.25) is 0 Å². The van der Waals surface area contributed by atoms with Gasteiger partial charge in [-0.15, -0.1) is 0 Å². The molecule has 4 N–H and O–H groups in total. The molecule has 4 aliphatic carbocycles. The first-order valence-electron chi connectivity index (χ1n) is 13.1. The first kappa shape index (κ1) is 24.1. The van der Waals surface area contributed by atoms with Gasteiger partial charge in [0.05, 0.1) is 0 Å². The molecule has 30 heavy (non-hydrogen) atoms.